The zero-order valence-corrected chi connectivity index (χ0v) is 15.9. The molecule has 0 heterocycles. The fourth-order valence-corrected chi connectivity index (χ4v) is 3.42. The zero-order valence-electron chi connectivity index (χ0n) is 15.9. The summed E-state index contributed by atoms with van der Waals surface area (Å²) >= 11 is 0. The van der Waals surface area contributed by atoms with Crippen molar-refractivity contribution < 1.29 is 14.3 Å². The lowest BCUT2D eigenvalue weighted by atomic mass is 9.92. The molecule has 0 fully saturated rings. The number of nitrogens with zero attached hydrogens (tertiary/aromatic N) is 1. The number of hydrogen-bond donors (Lipinski definition) is 1. The molecule has 0 aliphatic carbocycles. The summed E-state index contributed by atoms with van der Waals surface area (Å²) in [6.07, 6.45) is 0. The van der Waals surface area contributed by atoms with Gasteiger partial charge in [0.25, 0.3) is 0 Å². The van der Waals surface area contributed by atoms with E-state index in [0.29, 0.717) is 11.2 Å². The van der Waals surface area contributed by atoms with Gasteiger partial charge in [0.2, 0.25) is 6.73 Å². The van der Waals surface area contributed by atoms with E-state index in [1.165, 1.54) is 0 Å². The van der Waals surface area contributed by atoms with Gasteiger partial charge < -0.3 is 9.84 Å². The molecule has 136 valence electrons. The van der Waals surface area contributed by atoms with Gasteiger partial charge in [-0.05, 0) is 33.7 Å². The van der Waals surface area contributed by atoms with E-state index in [4.69, 9.17) is 4.74 Å². The van der Waals surface area contributed by atoms with E-state index in [0.717, 1.165) is 38.4 Å². The van der Waals surface area contributed by atoms with Crippen LogP contribution >= 0.6 is 0 Å². The topological polar surface area (TPSA) is 29.5 Å². The van der Waals surface area contributed by atoms with Gasteiger partial charge in [0.1, 0.15) is 11.5 Å². The number of rotatable bonds is 4. The maximum atomic E-state index is 10.8. The summed E-state index contributed by atoms with van der Waals surface area (Å²) in [6, 6.07) is 24.2. The quantitative estimate of drug-likeness (QED) is 0.390. The average Bonchev–Trinajstić information content (AvgIpc) is 2.66. The van der Waals surface area contributed by atoms with Crippen molar-refractivity contribution in [1.82, 2.24) is 0 Å². The number of phenols is 1. The minimum atomic E-state index is 0.264. The van der Waals surface area contributed by atoms with E-state index in [1.54, 1.807) is 6.07 Å². The van der Waals surface area contributed by atoms with Gasteiger partial charge in [-0.15, -0.1) is 0 Å². The molecule has 3 nitrogen and oxygen atoms in total. The highest BCUT2D eigenvalue weighted by molar-refractivity contribution is 6.09. The van der Waals surface area contributed by atoms with Crippen molar-refractivity contribution in [1.29, 1.82) is 0 Å². The molecule has 0 atom stereocenters. The number of quaternary nitrogens is 1. The number of phenolic OH excluding ortho intramolecular Hbond substituents is 1. The highest BCUT2D eigenvalue weighted by Crippen LogP contribution is 2.44. The first-order valence-corrected chi connectivity index (χ1v) is 9.10. The van der Waals surface area contributed by atoms with Crippen LogP contribution in [0.2, 0.25) is 0 Å². The molecule has 4 aromatic rings. The first-order chi connectivity index (χ1) is 12.9. The van der Waals surface area contributed by atoms with Crippen LogP contribution in [0.1, 0.15) is 0 Å². The molecule has 0 aliphatic heterocycles. The highest BCUT2D eigenvalue weighted by Gasteiger charge is 2.19. The van der Waals surface area contributed by atoms with Crippen molar-refractivity contribution in [2.24, 2.45) is 0 Å². The van der Waals surface area contributed by atoms with Gasteiger partial charge in [-0.1, -0.05) is 60.7 Å². The minimum Gasteiger partial charge on any atom is -0.507 e. The van der Waals surface area contributed by atoms with E-state index in [-0.39, 0.29) is 5.75 Å². The van der Waals surface area contributed by atoms with Crippen LogP contribution in [0, 0.1) is 0 Å². The number of benzene rings is 4. The molecule has 0 radical (unpaired) electrons. The van der Waals surface area contributed by atoms with Gasteiger partial charge >= 0.3 is 0 Å². The summed E-state index contributed by atoms with van der Waals surface area (Å²) in [5, 5.41) is 15.1. The Balaban J connectivity index is 2.04. The van der Waals surface area contributed by atoms with Gasteiger partial charge in [0, 0.05) is 11.1 Å². The smallest absolute Gasteiger partial charge is 0.223 e. The second kappa shape index (κ2) is 6.60. The lowest BCUT2D eigenvalue weighted by Gasteiger charge is -2.25. The molecule has 0 spiro atoms. The Morgan fingerprint density at radius 2 is 1.26 bits per heavy atom. The summed E-state index contributed by atoms with van der Waals surface area (Å²) < 4.78 is 6.92. The predicted molar refractivity (Wildman–Crippen MR) is 112 cm³/mol. The van der Waals surface area contributed by atoms with Crippen molar-refractivity contribution in [2.75, 3.05) is 27.9 Å². The van der Waals surface area contributed by atoms with E-state index < -0.39 is 0 Å². The molecule has 27 heavy (non-hydrogen) atoms. The van der Waals surface area contributed by atoms with Gasteiger partial charge in [-0.25, -0.2) is 0 Å². The Labute approximate surface area is 159 Å². The van der Waals surface area contributed by atoms with E-state index >= 15 is 0 Å². The van der Waals surface area contributed by atoms with E-state index in [2.05, 4.69) is 51.5 Å². The SMILES string of the molecule is C[N+](C)(C)COc1ccc2ccccc2c1-c1c(O)ccc2ccccc12. The molecule has 0 aromatic heterocycles. The van der Waals surface area contributed by atoms with Crippen LogP contribution in [0.15, 0.2) is 72.8 Å². The van der Waals surface area contributed by atoms with E-state index in [9.17, 15) is 5.11 Å². The summed E-state index contributed by atoms with van der Waals surface area (Å²) in [6.45, 7) is 0.539. The molecular formula is C24H24NO2+. The van der Waals surface area contributed by atoms with Crippen molar-refractivity contribution in [3.05, 3.63) is 72.8 Å². The normalized spacial score (nSPS) is 11.8. The van der Waals surface area contributed by atoms with Crippen molar-refractivity contribution in [3.63, 3.8) is 0 Å². The summed E-state index contributed by atoms with van der Waals surface area (Å²) in [5.74, 6) is 1.05. The fraction of sp³-hybridized carbons (Fsp3) is 0.167. The van der Waals surface area contributed by atoms with Crippen LogP contribution < -0.4 is 4.74 Å². The maximum absolute atomic E-state index is 10.8. The van der Waals surface area contributed by atoms with Gasteiger partial charge in [-0.3, -0.25) is 4.48 Å². The molecule has 4 aromatic carbocycles. The standard InChI is InChI=1S/C24H23NO2/c1-25(2,3)16-27-22-15-13-18-9-5-7-11-20(18)24(22)23-19-10-6-4-8-17(19)12-14-21(23)26/h4-15H,16H2,1-3H3/p+1. The molecule has 0 saturated heterocycles. The Morgan fingerprint density at radius 3 is 1.89 bits per heavy atom. The van der Waals surface area contributed by atoms with Gasteiger partial charge in [0.15, 0.2) is 0 Å². The number of fused-ring (bicyclic) bond motifs is 2. The van der Waals surface area contributed by atoms with Gasteiger partial charge in [-0.2, -0.15) is 0 Å². The van der Waals surface area contributed by atoms with Crippen LogP contribution in [0.4, 0.5) is 0 Å². The minimum absolute atomic E-state index is 0.264. The van der Waals surface area contributed by atoms with Crippen LogP contribution in [0.5, 0.6) is 11.5 Å². The third-order valence-corrected chi connectivity index (χ3v) is 4.66. The Morgan fingerprint density at radius 1 is 0.704 bits per heavy atom. The first kappa shape index (κ1) is 17.4. The fourth-order valence-electron chi connectivity index (χ4n) is 3.42. The summed E-state index contributed by atoms with van der Waals surface area (Å²) in [7, 11) is 6.28. The molecule has 4 rings (SSSR count). The highest BCUT2D eigenvalue weighted by atomic mass is 16.5. The second-order valence-corrected chi connectivity index (χ2v) is 7.90. The van der Waals surface area contributed by atoms with Crippen molar-refractivity contribution in [3.8, 4) is 22.6 Å². The average molecular weight is 358 g/mol. The van der Waals surface area contributed by atoms with Crippen LogP contribution in [0.3, 0.4) is 0 Å². The molecule has 3 heteroatoms. The lowest BCUT2D eigenvalue weighted by molar-refractivity contribution is -0.886. The Hall–Kier alpha value is -3.04. The van der Waals surface area contributed by atoms with Crippen molar-refractivity contribution in [2.45, 2.75) is 0 Å². The monoisotopic (exact) mass is 358 g/mol. The molecule has 1 N–H and O–H groups in total. The third kappa shape index (κ3) is 3.34. The van der Waals surface area contributed by atoms with Crippen LogP contribution in [0.25, 0.3) is 32.7 Å². The summed E-state index contributed by atoms with van der Waals surface area (Å²) in [5.41, 5.74) is 1.76. The zero-order chi connectivity index (χ0) is 19.0. The third-order valence-electron chi connectivity index (χ3n) is 4.66. The van der Waals surface area contributed by atoms with Crippen LogP contribution in [-0.4, -0.2) is 37.5 Å². The Bertz CT molecular complexity index is 1130. The van der Waals surface area contributed by atoms with Gasteiger partial charge in [0.05, 0.1) is 21.1 Å². The number of hydrogen-bond acceptors (Lipinski definition) is 2. The second-order valence-electron chi connectivity index (χ2n) is 7.90. The molecule has 0 aliphatic rings. The predicted octanol–water partition coefficient (Wildman–Crippen LogP) is 5.41. The van der Waals surface area contributed by atoms with E-state index in [1.807, 2.05) is 36.4 Å². The number of aromatic hydroxyl groups is 1. The molecular weight excluding hydrogens is 334 g/mol. The summed E-state index contributed by atoms with van der Waals surface area (Å²) in [4.78, 5) is 0. The Kier molecular flexibility index (Phi) is 4.25. The number of ether oxygens (including phenoxy) is 1. The maximum Gasteiger partial charge on any atom is 0.223 e. The molecule has 0 amide bonds. The molecule has 0 bridgehead atoms. The van der Waals surface area contributed by atoms with Crippen LogP contribution in [-0.2, 0) is 0 Å². The first-order valence-electron chi connectivity index (χ1n) is 9.10. The van der Waals surface area contributed by atoms with Crippen molar-refractivity contribution >= 4 is 21.5 Å². The largest absolute Gasteiger partial charge is 0.507 e. The molecule has 0 unspecified atom stereocenters. The molecule has 0 saturated carbocycles. The lowest BCUT2D eigenvalue weighted by Crippen LogP contribution is -2.38.